The lowest BCUT2D eigenvalue weighted by Crippen LogP contribution is -2.30. The number of hydrogen-bond donors (Lipinski definition) is 1. The Morgan fingerprint density at radius 1 is 1.29 bits per heavy atom. The first-order valence-electron chi connectivity index (χ1n) is 5.08. The van der Waals surface area contributed by atoms with Gasteiger partial charge in [-0.05, 0) is 25.0 Å². The lowest BCUT2D eigenvalue weighted by Gasteiger charge is -2.23. The quantitative estimate of drug-likeness (QED) is 0.675. The third kappa shape index (κ3) is 1.01. The van der Waals surface area contributed by atoms with Crippen molar-refractivity contribution in [2.24, 2.45) is 5.73 Å². The monoisotopic (exact) mass is 187 g/mol. The van der Waals surface area contributed by atoms with Gasteiger partial charge in [-0.2, -0.15) is 0 Å². The normalized spacial score (nSPS) is 28.8. The highest BCUT2D eigenvalue weighted by atomic mass is 16.5. The van der Waals surface area contributed by atoms with Gasteiger partial charge in [-0.15, -0.1) is 0 Å². The lowest BCUT2D eigenvalue weighted by molar-refractivity contribution is 0.383. The molecule has 2 heteroatoms. The van der Waals surface area contributed by atoms with Gasteiger partial charge in [0.1, 0.15) is 11.5 Å². The Morgan fingerprint density at radius 2 is 2.14 bits per heavy atom. The average molecular weight is 187 g/mol. The summed E-state index contributed by atoms with van der Waals surface area (Å²) in [4.78, 5) is 0. The van der Waals surface area contributed by atoms with Crippen molar-refractivity contribution in [3.8, 4) is 5.75 Å². The molecule has 1 aliphatic heterocycles. The molecule has 1 aromatic carbocycles. The van der Waals surface area contributed by atoms with Crippen molar-refractivity contribution >= 4 is 0 Å². The van der Waals surface area contributed by atoms with Crippen LogP contribution in [0.4, 0.5) is 0 Å². The molecule has 0 aromatic heterocycles. The van der Waals surface area contributed by atoms with Crippen LogP contribution in [0.3, 0.4) is 0 Å². The summed E-state index contributed by atoms with van der Waals surface area (Å²) in [5, 5.41) is 0. The predicted molar refractivity (Wildman–Crippen MR) is 55.1 cm³/mol. The summed E-state index contributed by atoms with van der Waals surface area (Å²) in [5.41, 5.74) is 7.37. The fourth-order valence-electron chi connectivity index (χ4n) is 2.37. The van der Waals surface area contributed by atoms with E-state index >= 15 is 0 Å². The van der Waals surface area contributed by atoms with E-state index < -0.39 is 0 Å². The van der Waals surface area contributed by atoms with Gasteiger partial charge in [0.05, 0.1) is 5.92 Å². The fraction of sp³-hybridized carbons (Fsp3) is 0.333. The van der Waals surface area contributed by atoms with E-state index in [1.54, 1.807) is 0 Å². The zero-order valence-corrected chi connectivity index (χ0v) is 7.94. The minimum absolute atomic E-state index is 0.221. The summed E-state index contributed by atoms with van der Waals surface area (Å²) in [6, 6.07) is 8.40. The molecule has 2 nitrogen and oxygen atoms in total. The van der Waals surface area contributed by atoms with Crippen LogP contribution < -0.4 is 10.5 Å². The maximum absolute atomic E-state index is 6.11. The molecule has 0 saturated heterocycles. The molecule has 1 heterocycles. The highest BCUT2D eigenvalue weighted by molar-refractivity contribution is 5.47. The number of para-hydroxylation sites is 1. The molecule has 0 spiro atoms. The zero-order chi connectivity index (χ0) is 9.54. The summed E-state index contributed by atoms with van der Waals surface area (Å²) in [7, 11) is 0. The van der Waals surface area contributed by atoms with Crippen LogP contribution in [0.25, 0.3) is 0 Å². The van der Waals surface area contributed by atoms with Crippen LogP contribution in [-0.2, 0) is 0 Å². The molecular formula is C12H13NO. The first-order chi connectivity index (χ1) is 6.86. The standard InChI is InChI=1S/C12H13NO/c13-9-5-3-7-11-12(9)8-4-1-2-6-10(8)14-11/h1-2,4,6-7,9,12H,3,5,13H2. The van der Waals surface area contributed by atoms with E-state index in [4.69, 9.17) is 10.5 Å². The Morgan fingerprint density at radius 3 is 3.07 bits per heavy atom. The summed E-state index contributed by atoms with van der Waals surface area (Å²) >= 11 is 0. The fourth-order valence-corrected chi connectivity index (χ4v) is 2.37. The molecule has 1 aromatic rings. The number of fused-ring (bicyclic) bond motifs is 3. The first kappa shape index (κ1) is 8.06. The molecule has 0 fully saturated rings. The van der Waals surface area contributed by atoms with Crippen LogP contribution >= 0.6 is 0 Å². The van der Waals surface area contributed by atoms with Crippen LogP contribution in [0.5, 0.6) is 5.75 Å². The third-order valence-electron chi connectivity index (χ3n) is 3.06. The second kappa shape index (κ2) is 2.85. The Hall–Kier alpha value is -1.28. The van der Waals surface area contributed by atoms with E-state index in [2.05, 4.69) is 12.1 Å². The number of rotatable bonds is 0. The number of nitrogens with two attached hydrogens (primary N) is 1. The highest BCUT2D eigenvalue weighted by Crippen LogP contribution is 2.44. The van der Waals surface area contributed by atoms with Crippen LogP contribution in [-0.4, -0.2) is 6.04 Å². The summed E-state index contributed by atoms with van der Waals surface area (Å²) in [5.74, 6) is 2.35. The van der Waals surface area contributed by atoms with Crippen molar-refractivity contribution in [3.63, 3.8) is 0 Å². The molecule has 72 valence electrons. The van der Waals surface area contributed by atoms with Crippen LogP contribution in [0, 0.1) is 0 Å². The molecule has 14 heavy (non-hydrogen) atoms. The highest BCUT2D eigenvalue weighted by Gasteiger charge is 2.35. The van der Waals surface area contributed by atoms with Gasteiger partial charge in [-0.25, -0.2) is 0 Å². The van der Waals surface area contributed by atoms with Crippen molar-refractivity contribution < 1.29 is 4.74 Å². The number of benzene rings is 1. The number of hydrogen-bond acceptors (Lipinski definition) is 2. The Bertz CT molecular complexity index is 397. The smallest absolute Gasteiger partial charge is 0.130 e. The van der Waals surface area contributed by atoms with E-state index in [1.807, 2.05) is 18.2 Å². The van der Waals surface area contributed by atoms with E-state index in [0.717, 1.165) is 24.4 Å². The van der Waals surface area contributed by atoms with Crippen molar-refractivity contribution in [1.82, 2.24) is 0 Å². The van der Waals surface area contributed by atoms with E-state index in [-0.39, 0.29) is 6.04 Å². The number of allylic oxidation sites excluding steroid dienone is 1. The van der Waals surface area contributed by atoms with Crippen LogP contribution in [0.2, 0.25) is 0 Å². The molecule has 3 rings (SSSR count). The van der Waals surface area contributed by atoms with Gasteiger partial charge in [-0.1, -0.05) is 18.2 Å². The van der Waals surface area contributed by atoms with E-state index in [1.165, 1.54) is 5.56 Å². The van der Waals surface area contributed by atoms with Gasteiger partial charge in [0, 0.05) is 11.6 Å². The van der Waals surface area contributed by atoms with Crippen molar-refractivity contribution in [2.45, 2.75) is 24.8 Å². The van der Waals surface area contributed by atoms with Gasteiger partial charge < -0.3 is 10.5 Å². The molecule has 0 saturated carbocycles. The van der Waals surface area contributed by atoms with E-state index in [9.17, 15) is 0 Å². The number of ether oxygens (including phenoxy) is 1. The molecule has 1 aliphatic carbocycles. The van der Waals surface area contributed by atoms with Gasteiger partial charge >= 0.3 is 0 Å². The minimum atomic E-state index is 0.221. The van der Waals surface area contributed by atoms with Crippen molar-refractivity contribution in [3.05, 3.63) is 41.7 Å². The van der Waals surface area contributed by atoms with Crippen LogP contribution in [0.1, 0.15) is 24.3 Å². The maximum Gasteiger partial charge on any atom is 0.130 e. The molecular weight excluding hydrogens is 174 g/mol. The Labute approximate surface area is 83.4 Å². The van der Waals surface area contributed by atoms with Crippen molar-refractivity contribution in [1.29, 1.82) is 0 Å². The van der Waals surface area contributed by atoms with Crippen LogP contribution in [0.15, 0.2) is 36.1 Å². The molecule has 2 N–H and O–H groups in total. The average Bonchev–Trinajstić information content (AvgIpc) is 2.57. The summed E-state index contributed by atoms with van der Waals surface area (Å²) < 4.78 is 5.76. The minimum Gasteiger partial charge on any atom is -0.461 e. The molecule has 0 bridgehead atoms. The Kier molecular flexibility index (Phi) is 1.64. The topological polar surface area (TPSA) is 35.2 Å². The summed E-state index contributed by atoms with van der Waals surface area (Å²) in [6.07, 6.45) is 4.28. The largest absolute Gasteiger partial charge is 0.461 e. The maximum atomic E-state index is 6.11. The first-order valence-corrected chi connectivity index (χ1v) is 5.08. The molecule has 0 amide bonds. The van der Waals surface area contributed by atoms with E-state index in [0.29, 0.717) is 5.92 Å². The zero-order valence-electron chi connectivity index (χ0n) is 7.94. The third-order valence-corrected chi connectivity index (χ3v) is 3.06. The molecule has 2 aliphatic rings. The second-order valence-electron chi connectivity index (χ2n) is 3.97. The van der Waals surface area contributed by atoms with Crippen molar-refractivity contribution in [2.75, 3.05) is 0 Å². The van der Waals surface area contributed by atoms with Gasteiger partial charge in [0.15, 0.2) is 0 Å². The summed E-state index contributed by atoms with van der Waals surface area (Å²) in [6.45, 7) is 0. The van der Waals surface area contributed by atoms with Gasteiger partial charge in [0.2, 0.25) is 0 Å². The SMILES string of the molecule is NC1CCC=C2Oc3ccccc3C21. The predicted octanol–water partition coefficient (Wildman–Crippen LogP) is 2.17. The Balaban J connectivity index is 2.12. The molecule has 2 unspecified atom stereocenters. The van der Waals surface area contributed by atoms with Gasteiger partial charge in [-0.3, -0.25) is 0 Å². The van der Waals surface area contributed by atoms with Gasteiger partial charge in [0.25, 0.3) is 0 Å². The second-order valence-corrected chi connectivity index (χ2v) is 3.97. The lowest BCUT2D eigenvalue weighted by atomic mass is 9.85. The molecule has 0 radical (unpaired) electrons. The molecule has 2 atom stereocenters.